The van der Waals surface area contributed by atoms with Crippen LogP contribution in [0.1, 0.15) is 15.4 Å². The Labute approximate surface area is 107 Å². The minimum atomic E-state index is -0.287. The van der Waals surface area contributed by atoms with Gasteiger partial charge >= 0.3 is 0 Å². The first kappa shape index (κ1) is 11.2. The predicted molar refractivity (Wildman–Crippen MR) is 68.5 cm³/mol. The van der Waals surface area contributed by atoms with Crippen molar-refractivity contribution in [1.29, 1.82) is 0 Å². The quantitative estimate of drug-likeness (QED) is 0.665. The lowest BCUT2D eigenvalue weighted by Crippen LogP contribution is -1.99. The molecule has 0 N–H and O–H groups in total. The molecule has 3 rings (SSSR count). The number of fused-ring (bicyclic) bond motifs is 1. The van der Waals surface area contributed by atoms with Gasteiger partial charge in [-0.1, -0.05) is 0 Å². The maximum Gasteiger partial charge on any atom is 0.180 e. The van der Waals surface area contributed by atoms with Gasteiger partial charge in [-0.2, -0.15) is 0 Å². The molecule has 90 valence electrons. The summed E-state index contributed by atoms with van der Waals surface area (Å²) in [5.41, 5.74) is 0. The number of benzene rings is 1. The average Bonchev–Trinajstić information content (AvgIpc) is 2.96. The van der Waals surface area contributed by atoms with Crippen LogP contribution in [0, 0.1) is 5.82 Å². The second-order valence-electron chi connectivity index (χ2n) is 3.97. The Kier molecular flexibility index (Phi) is 2.72. The zero-order chi connectivity index (χ0) is 12.5. The van der Waals surface area contributed by atoms with Crippen LogP contribution in [0.2, 0.25) is 0 Å². The first-order chi connectivity index (χ1) is 8.72. The maximum atomic E-state index is 13.1. The number of hydrogen-bond donors (Lipinski definition) is 0. The van der Waals surface area contributed by atoms with E-state index in [9.17, 15) is 9.18 Å². The third-order valence-electron chi connectivity index (χ3n) is 2.67. The summed E-state index contributed by atoms with van der Waals surface area (Å²) in [7, 11) is 0. The van der Waals surface area contributed by atoms with Crippen molar-refractivity contribution in [3.05, 3.63) is 59.1 Å². The van der Waals surface area contributed by atoms with Gasteiger partial charge in [-0.05, 0) is 41.8 Å². The zero-order valence-electron chi connectivity index (χ0n) is 9.35. The van der Waals surface area contributed by atoms with Crippen molar-refractivity contribution in [2.45, 2.75) is 6.42 Å². The summed E-state index contributed by atoms with van der Waals surface area (Å²) in [5, 5.41) is 0.766. The molecule has 0 fully saturated rings. The molecule has 3 aromatic rings. The normalized spacial score (nSPS) is 10.9. The van der Waals surface area contributed by atoms with E-state index in [-0.39, 0.29) is 18.0 Å². The molecule has 0 spiro atoms. The Morgan fingerprint density at radius 3 is 2.94 bits per heavy atom. The van der Waals surface area contributed by atoms with Crippen LogP contribution in [0.25, 0.3) is 10.1 Å². The molecule has 0 unspecified atom stereocenters. The summed E-state index contributed by atoms with van der Waals surface area (Å²) in [5.74, 6) is 0.348. The van der Waals surface area contributed by atoms with Gasteiger partial charge in [-0.15, -0.1) is 11.3 Å². The fourth-order valence-electron chi connectivity index (χ4n) is 1.81. The Bertz CT molecular complexity index is 698. The van der Waals surface area contributed by atoms with Gasteiger partial charge in [0.2, 0.25) is 0 Å². The lowest BCUT2D eigenvalue weighted by atomic mass is 10.2. The molecular weight excluding hydrogens is 251 g/mol. The Morgan fingerprint density at radius 2 is 2.17 bits per heavy atom. The van der Waals surface area contributed by atoms with Crippen molar-refractivity contribution in [1.82, 2.24) is 0 Å². The van der Waals surface area contributed by atoms with Crippen molar-refractivity contribution < 1.29 is 13.6 Å². The topological polar surface area (TPSA) is 30.2 Å². The number of carbonyl (C=O) groups excluding carboxylic acids is 1. The minimum absolute atomic E-state index is 0.00782. The molecule has 4 heteroatoms. The highest BCUT2D eigenvalue weighted by Crippen LogP contribution is 2.27. The smallest absolute Gasteiger partial charge is 0.180 e. The van der Waals surface area contributed by atoms with Crippen molar-refractivity contribution >= 4 is 27.2 Å². The van der Waals surface area contributed by atoms with Gasteiger partial charge in [0.05, 0.1) is 17.6 Å². The van der Waals surface area contributed by atoms with Crippen LogP contribution in [0.3, 0.4) is 0 Å². The van der Waals surface area contributed by atoms with E-state index in [1.54, 1.807) is 30.5 Å². The van der Waals surface area contributed by atoms with Crippen molar-refractivity contribution in [3.63, 3.8) is 0 Å². The summed E-state index contributed by atoms with van der Waals surface area (Å²) in [6, 6.07) is 9.79. The molecule has 0 atom stereocenters. The van der Waals surface area contributed by atoms with Crippen LogP contribution >= 0.6 is 11.3 Å². The fourth-order valence-corrected chi connectivity index (χ4v) is 2.79. The molecule has 2 heterocycles. The van der Waals surface area contributed by atoms with E-state index in [0.717, 1.165) is 10.1 Å². The highest BCUT2D eigenvalue weighted by atomic mass is 32.1. The highest BCUT2D eigenvalue weighted by molar-refractivity contribution is 7.20. The Hall–Kier alpha value is -1.94. The summed E-state index contributed by atoms with van der Waals surface area (Å²) in [4.78, 5) is 12.7. The molecular formula is C14H9FO2S. The van der Waals surface area contributed by atoms with Gasteiger partial charge in [-0.25, -0.2) is 4.39 Å². The second-order valence-corrected chi connectivity index (χ2v) is 5.06. The van der Waals surface area contributed by atoms with E-state index in [4.69, 9.17) is 4.42 Å². The molecule has 0 bridgehead atoms. The second kappa shape index (κ2) is 4.38. The first-order valence-corrected chi connectivity index (χ1v) is 6.29. The standard InChI is InChI=1S/C14H9FO2S/c15-10-3-4-13-9(6-10)7-14(18-13)12(16)8-11-2-1-5-17-11/h1-7H,8H2. The molecule has 18 heavy (non-hydrogen) atoms. The predicted octanol–water partition coefficient (Wildman–Crippen LogP) is 4.06. The largest absolute Gasteiger partial charge is 0.469 e. The van der Waals surface area contributed by atoms with Crippen molar-refractivity contribution in [2.24, 2.45) is 0 Å². The van der Waals surface area contributed by atoms with Gasteiger partial charge < -0.3 is 4.42 Å². The van der Waals surface area contributed by atoms with Crippen LogP contribution in [-0.2, 0) is 6.42 Å². The van der Waals surface area contributed by atoms with Gasteiger partial charge in [-0.3, -0.25) is 4.79 Å². The van der Waals surface area contributed by atoms with Gasteiger partial charge in [0.25, 0.3) is 0 Å². The molecule has 0 radical (unpaired) electrons. The molecule has 2 nitrogen and oxygen atoms in total. The monoisotopic (exact) mass is 260 g/mol. The van der Waals surface area contributed by atoms with Gasteiger partial charge in [0, 0.05) is 4.70 Å². The first-order valence-electron chi connectivity index (χ1n) is 5.47. The number of hydrogen-bond acceptors (Lipinski definition) is 3. The summed E-state index contributed by atoms with van der Waals surface area (Å²) >= 11 is 1.38. The zero-order valence-corrected chi connectivity index (χ0v) is 10.2. The number of furan rings is 1. The third kappa shape index (κ3) is 2.07. The molecule has 1 aromatic carbocycles. The van der Waals surface area contributed by atoms with E-state index in [2.05, 4.69) is 0 Å². The number of ketones is 1. The lowest BCUT2D eigenvalue weighted by molar-refractivity contribution is 0.0991. The van der Waals surface area contributed by atoms with Gasteiger partial charge in [0.15, 0.2) is 5.78 Å². The fraction of sp³-hybridized carbons (Fsp3) is 0.0714. The van der Waals surface area contributed by atoms with Crippen molar-refractivity contribution in [3.8, 4) is 0 Å². The molecule has 0 aliphatic heterocycles. The number of Topliss-reactive ketones (excluding diaryl/α,β-unsaturated/α-hetero) is 1. The van der Waals surface area contributed by atoms with E-state index >= 15 is 0 Å². The van der Waals surface area contributed by atoms with Crippen molar-refractivity contribution in [2.75, 3.05) is 0 Å². The molecule has 0 amide bonds. The minimum Gasteiger partial charge on any atom is -0.469 e. The highest BCUT2D eigenvalue weighted by Gasteiger charge is 2.12. The average molecular weight is 260 g/mol. The maximum absolute atomic E-state index is 13.1. The van der Waals surface area contributed by atoms with Crippen LogP contribution in [0.4, 0.5) is 4.39 Å². The molecule has 0 aliphatic rings. The number of thiophene rings is 1. The van der Waals surface area contributed by atoms with E-state index in [1.807, 2.05) is 0 Å². The lowest BCUT2D eigenvalue weighted by Gasteiger charge is -1.93. The van der Waals surface area contributed by atoms with Crippen LogP contribution in [0.15, 0.2) is 47.1 Å². The molecule has 0 saturated carbocycles. The van der Waals surface area contributed by atoms with E-state index in [0.29, 0.717) is 10.6 Å². The summed E-state index contributed by atoms with van der Waals surface area (Å²) in [6.07, 6.45) is 1.78. The number of carbonyl (C=O) groups is 1. The Balaban J connectivity index is 1.92. The van der Waals surface area contributed by atoms with E-state index < -0.39 is 0 Å². The van der Waals surface area contributed by atoms with Crippen LogP contribution in [-0.4, -0.2) is 5.78 Å². The van der Waals surface area contributed by atoms with Crippen LogP contribution in [0.5, 0.6) is 0 Å². The SMILES string of the molecule is O=C(Cc1ccco1)c1cc2cc(F)ccc2s1. The Morgan fingerprint density at radius 1 is 1.28 bits per heavy atom. The number of rotatable bonds is 3. The molecule has 2 aromatic heterocycles. The van der Waals surface area contributed by atoms with Crippen LogP contribution < -0.4 is 0 Å². The molecule has 0 aliphatic carbocycles. The van der Waals surface area contributed by atoms with E-state index in [1.165, 1.54) is 23.5 Å². The summed E-state index contributed by atoms with van der Waals surface area (Å²) < 4.78 is 19.1. The number of halogens is 1. The van der Waals surface area contributed by atoms with Gasteiger partial charge in [0.1, 0.15) is 11.6 Å². The summed E-state index contributed by atoms with van der Waals surface area (Å²) in [6.45, 7) is 0. The molecule has 0 saturated heterocycles. The third-order valence-corrected chi connectivity index (χ3v) is 3.83.